The number of carbonyl (C=O) groups is 4. The Morgan fingerprint density at radius 3 is 1.83 bits per heavy atom. The van der Waals surface area contributed by atoms with Crippen molar-refractivity contribution < 1.29 is 38.1 Å². The maximum absolute atomic E-state index is 12.6. The summed E-state index contributed by atoms with van der Waals surface area (Å²) in [4.78, 5) is 49.3. The number of rotatable bonds is 9. The molecule has 0 saturated heterocycles. The van der Waals surface area contributed by atoms with Crippen molar-refractivity contribution in [1.82, 2.24) is 0 Å². The van der Waals surface area contributed by atoms with Crippen molar-refractivity contribution in [1.29, 1.82) is 0 Å². The molecule has 0 aliphatic heterocycles. The van der Waals surface area contributed by atoms with E-state index in [0.29, 0.717) is 5.56 Å². The zero-order valence-electron chi connectivity index (χ0n) is 22.3. The zero-order chi connectivity index (χ0) is 27.2. The van der Waals surface area contributed by atoms with Crippen LogP contribution in [0.3, 0.4) is 0 Å². The van der Waals surface area contributed by atoms with E-state index in [1.165, 1.54) is 19.2 Å². The van der Waals surface area contributed by atoms with E-state index in [-0.39, 0.29) is 36.9 Å². The number of carbonyl (C=O) groups excluding carboxylic acids is 4. The van der Waals surface area contributed by atoms with Crippen molar-refractivity contribution in [2.45, 2.75) is 73.8 Å². The highest BCUT2D eigenvalue weighted by Gasteiger charge is 2.36. The lowest BCUT2D eigenvalue weighted by Crippen LogP contribution is -2.51. The van der Waals surface area contributed by atoms with Gasteiger partial charge in [0.2, 0.25) is 0 Å². The quantitative estimate of drug-likeness (QED) is 0.405. The van der Waals surface area contributed by atoms with Crippen LogP contribution < -0.4 is 15.2 Å². The van der Waals surface area contributed by atoms with E-state index in [1.807, 2.05) is 0 Å². The van der Waals surface area contributed by atoms with Crippen molar-refractivity contribution in [3.63, 3.8) is 0 Å². The number of benzene rings is 1. The molecule has 2 N–H and O–H groups in total. The summed E-state index contributed by atoms with van der Waals surface area (Å²) in [6.07, 6.45) is 0.00246. The van der Waals surface area contributed by atoms with Crippen molar-refractivity contribution in [3.05, 3.63) is 23.8 Å². The first-order chi connectivity index (χ1) is 15.9. The van der Waals surface area contributed by atoms with Crippen LogP contribution >= 0.6 is 0 Å². The van der Waals surface area contributed by atoms with E-state index in [2.05, 4.69) is 0 Å². The van der Waals surface area contributed by atoms with Crippen molar-refractivity contribution in [2.75, 3.05) is 13.7 Å². The summed E-state index contributed by atoms with van der Waals surface area (Å²) in [7, 11) is 1.22. The van der Waals surface area contributed by atoms with Crippen LogP contribution in [0.15, 0.2) is 18.2 Å². The van der Waals surface area contributed by atoms with Crippen LogP contribution in [0.2, 0.25) is 0 Å². The van der Waals surface area contributed by atoms with Gasteiger partial charge in [-0.05, 0) is 59.2 Å². The first kappa shape index (κ1) is 30.1. The Hall–Kier alpha value is -2.94. The second kappa shape index (κ2) is 11.7. The molecule has 0 aromatic heterocycles. The number of ether oxygens (including phenoxy) is 4. The molecule has 0 fully saturated rings. The highest BCUT2D eigenvalue weighted by atomic mass is 16.6. The topological polar surface area (TPSA) is 131 Å². The molecule has 1 aromatic carbocycles. The summed E-state index contributed by atoms with van der Waals surface area (Å²) in [6.45, 7) is 13.5. The molecule has 0 aliphatic carbocycles. The Morgan fingerprint density at radius 2 is 1.37 bits per heavy atom. The zero-order valence-corrected chi connectivity index (χ0v) is 22.3. The lowest BCUT2D eigenvalue weighted by Gasteiger charge is -2.27. The van der Waals surface area contributed by atoms with Crippen molar-refractivity contribution >= 4 is 23.9 Å². The highest BCUT2D eigenvalue weighted by molar-refractivity contribution is 5.82. The predicted octanol–water partition coefficient (Wildman–Crippen LogP) is 3.59. The van der Waals surface area contributed by atoms with Gasteiger partial charge in [-0.15, -0.1) is 0 Å². The Morgan fingerprint density at radius 1 is 0.857 bits per heavy atom. The van der Waals surface area contributed by atoms with Crippen LogP contribution in [0.1, 0.15) is 67.4 Å². The van der Waals surface area contributed by atoms with Gasteiger partial charge in [-0.1, -0.05) is 19.9 Å². The van der Waals surface area contributed by atoms with Crippen molar-refractivity contribution in [2.24, 2.45) is 22.5 Å². The molecule has 0 bridgehead atoms. The van der Waals surface area contributed by atoms with Gasteiger partial charge < -0.3 is 24.7 Å². The van der Waals surface area contributed by atoms with Crippen LogP contribution in [0, 0.1) is 16.7 Å². The SMILES string of the molecule is COC(=O)C(N)(CCOC(=O)C(C)C)Cc1ccc(OC(=O)C(C)(C)C)c(OC(=O)C(C)(C)C)c1. The smallest absolute Gasteiger partial charge is 0.326 e. The molecule has 0 heterocycles. The van der Waals surface area contributed by atoms with Gasteiger partial charge in [0.15, 0.2) is 11.5 Å². The number of hydrogen-bond acceptors (Lipinski definition) is 9. The van der Waals surface area contributed by atoms with E-state index in [9.17, 15) is 19.2 Å². The molecule has 1 aromatic rings. The molecule has 1 unspecified atom stereocenters. The fourth-order valence-electron chi connectivity index (χ4n) is 2.66. The van der Waals surface area contributed by atoms with Gasteiger partial charge in [-0.3, -0.25) is 19.2 Å². The van der Waals surface area contributed by atoms with Crippen LogP contribution in [0.5, 0.6) is 11.5 Å². The maximum atomic E-state index is 12.6. The molecule has 1 rings (SSSR count). The minimum Gasteiger partial charge on any atom is -0.468 e. The van der Waals surface area contributed by atoms with Gasteiger partial charge in [0.25, 0.3) is 0 Å². The molecule has 35 heavy (non-hydrogen) atoms. The summed E-state index contributed by atoms with van der Waals surface area (Å²) in [5.41, 5.74) is 3.80. The number of nitrogens with two attached hydrogens (primary N) is 1. The largest absolute Gasteiger partial charge is 0.468 e. The lowest BCUT2D eigenvalue weighted by atomic mass is 9.88. The summed E-state index contributed by atoms with van der Waals surface area (Å²) in [6, 6.07) is 4.60. The third kappa shape index (κ3) is 8.98. The van der Waals surface area contributed by atoms with Crippen molar-refractivity contribution in [3.8, 4) is 11.5 Å². The van der Waals surface area contributed by atoms with E-state index >= 15 is 0 Å². The minimum atomic E-state index is -1.51. The van der Waals surface area contributed by atoms with E-state index in [4.69, 9.17) is 24.7 Å². The third-order valence-electron chi connectivity index (χ3n) is 5.01. The van der Waals surface area contributed by atoms with Gasteiger partial charge in [0, 0.05) is 12.8 Å². The summed E-state index contributed by atoms with van der Waals surface area (Å²) >= 11 is 0. The van der Waals surface area contributed by atoms with Crippen LogP contribution in [-0.4, -0.2) is 43.1 Å². The van der Waals surface area contributed by atoms with E-state index < -0.39 is 40.2 Å². The normalized spacial score (nSPS) is 13.6. The molecule has 0 saturated carbocycles. The number of esters is 4. The maximum Gasteiger partial charge on any atom is 0.326 e. The molecule has 9 nitrogen and oxygen atoms in total. The number of methoxy groups -OCH3 is 1. The molecule has 9 heteroatoms. The lowest BCUT2D eigenvalue weighted by molar-refractivity contribution is -0.152. The second-order valence-electron chi connectivity index (χ2n) is 11.0. The van der Waals surface area contributed by atoms with E-state index in [0.717, 1.165) is 0 Å². The van der Waals surface area contributed by atoms with Crippen LogP contribution in [0.25, 0.3) is 0 Å². The molecular formula is C26H39NO8. The molecule has 0 radical (unpaired) electrons. The van der Waals surface area contributed by atoms with Gasteiger partial charge in [0.05, 0.1) is 30.5 Å². The summed E-state index contributed by atoms with van der Waals surface area (Å²) in [5, 5.41) is 0. The Kier molecular flexibility index (Phi) is 10.0. The van der Waals surface area contributed by atoms with E-state index in [1.54, 1.807) is 61.5 Å². The molecule has 0 amide bonds. The summed E-state index contributed by atoms with van der Waals surface area (Å²) in [5.74, 6) is -2.35. The Bertz CT molecular complexity index is 940. The fraction of sp³-hybridized carbons (Fsp3) is 0.615. The summed E-state index contributed by atoms with van der Waals surface area (Å²) < 4.78 is 21.1. The second-order valence-corrected chi connectivity index (χ2v) is 11.0. The molecule has 196 valence electrons. The minimum absolute atomic E-state index is 0.00747. The molecular weight excluding hydrogens is 454 g/mol. The van der Waals surface area contributed by atoms with Gasteiger partial charge in [-0.2, -0.15) is 0 Å². The molecule has 0 spiro atoms. The highest BCUT2D eigenvalue weighted by Crippen LogP contribution is 2.33. The monoisotopic (exact) mass is 493 g/mol. The Labute approximate surface area is 207 Å². The fourth-order valence-corrected chi connectivity index (χ4v) is 2.66. The standard InChI is InChI=1S/C26H39NO8/c1-16(2)20(28)33-13-12-26(27,23(31)32-9)15-17-10-11-18(34-21(29)24(3,4)5)19(14-17)35-22(30)25(6,7)8/h10-11,14,16H,12-13,15,27H2,1-9H3. The molecule has 1 atom stereocenters. The average Bonchev–Trinajstić information content (AvgIpc) is 2.73. The predicted molar refractivity (Wildman–Crippen MR) is 130 cm³/mol. The van der Waals surface area contributed by atoms with Crippen LogP contribution in [-0.2, 0) is 35.1 Å². The first-order valence-corrected chi connectivity index (χ1v) is 11.5. The van der Waals surface area contributed by atoms with Gasteiger partial charge in [-0.25, -0.2) is 0 Å². The first-order valence-electron chi connectivity index (χ1n) is 11.5. The Balaban J connectivity index is 3.30. The third-order valence-corrected chi connectivity index (χ3v) is 5.01. The van der Waals surface area contributed by atoms with Gasteiger partial charge >= 0.3 is 23.9 Å². The molecule has 0 aliphatic rings. The number of hydrogen-bond donors (Lipinski definition) is 1. The average molecular weight is 494 g/mol. The van der Waals surface area contributed by atoms with Crippen LogP contribution in [0.4, 0.5) is 0 Å². The van der Waals surface area contributed by atoms with Gasteiger partial charge in [0.1, 0.15) is 5.54 Å².